The van der Waals surface area contributed by atoms with Gasteiger partial charge in [0.1, 0.15) is 11.3 Å². The van der Waals surface area contributed by atoms with Crippen molar-refractivity contribution in [1.82, 2.24) is 14.5 Å². The monoisotopic (exact) mass is 284 g/mol. The Balaban J connectivity index is 2.01. The molecule has 100 valence electrons. The maximum Gasteiger partial charge on any atom is 0.141 e. The lowest BCUT2D eigenvalue weighted by molar-refractivity contribution is 0.775. The van der Waals surface area contributed by atoms with Crippen molar-refractivity contribution in [1.29, 1.82) is 0 Å². The van der Waals surface area contributed by atoms with Crippen molar-refractivity contribution in [2.24, 2.45) is 0 Å². The number of fused-ring (bicyclic) bond motifs is 1. The lowest BCUT2D eigenvalue weighted by Gasteiger charge is -2.08. The number of aromatic nitrogens is 3. The van der Waals surface area contributed by atoms with E-state index in [0.717, 1.165) is 22.4 Å². The van der Waals surface area contributed by atoms with Gasteiger partial charge in [0.05, 0.1) is 11.7 Å². The zero-order chi connectivity index (χ0) is 13.7. The number of halogens is 1. The predicted octanol–water partition coefficient (Wildman–Crippen LogP) is 3.67. The first-order chi connectivity index (χ1) is 9.72. The summed E-state index contributed by atoms with van der Waals surface area (Å²) in [5, 5.41) is 0.632. The van der Waals surface area contributed by atoms with Gasteiger partial charge in [-0.15, -0.1) is 0 Å². The van der Waals surface area contributed by atoms with Crippen LogP contribution in [0.15, 0.2) is 36.7 Å². The Bertz CT molecular complexity index is 784. The van der Waals surface area contributed by atoms with Gasteiger partial charge in [-0.1, -0.05) is 11.6 Å². The molecule has 2 aromatic heterocycles. The molecule has 0 spiro atoms. The molecule has 1 fully saturated rings. The molecule has 1 aliphatic carbocycles. The summed E-state index contributed by atoms with van der Waals surface area (Å²) >= 11 is 6.12. The average molecular weight is 285 g/mol. The number of nitrogen functional groups attached to an aromatic ring is 1. The Labute approximate surface area is 121 Å². The highest BCUT2D eigenvalue weighted by Gasteiger charge is 2.28. The maximum absolute atomic E-state index is 6.12. The van der Waals surface area contributed by atoms with E-state index < -0.39 is 0 Å². The molecule has 4 nitrogen and oxygen atoms in total. The molecule has 20 heavy (non-hydrogen) atoms. The van der Waals surface area contributed by atoms with Crippen molar-refractivity contribution < 1.29 is 0 Å². The number of benzene rings is 1. The van der Waals surface area contributed by atoms with Gasteiger partial charge in [-0.3, -0.25) is 4.98 Å². The fourth-order valence-corrected chi connectivity index (χ4v) is 2.84. The van der Waals surface area contributed by atoms with Gasteiger partial charge in [-0.25, -0.2) is 4.98 Å². The summed E-state index contributed by atoms with van der Waals surface area (Å²) in [6, 6.07) is 8.11. The molecule has 4 rings (SSSR count). The van der Waals surface area contributed by atoms with E-state index in [-0.39, 0.29) is 0 Å². The fraction of sp³-hybridized carbons (Fsp3) is 0.200. The van der Waals surface area contributed by atoms with Crippen LogP contribution in [0.5, 0.6) is 0 Å². The summed E-state index contributed by atoms with van der Waals surface area (Å²) < 4.78 is 2.28. The van der Waals surface area contributed by atoms with Crippen molar-refractivity contribution in [2.45, 2.75) is 18.9 Å². The SMILES string of the molecule is Nc1cc(Cl)cc(-c2nc3cnccc3n2C2CC2)c1. The second-order valence-electron chi connectivity index (χ2n) is 5.17. The lowest BCUT2D eigenvalue weighted by atomic mass is 10.2. The Hall–Kier alpha value is -2.07. The summed E-state index contributed by atoms with van der Waals surface area (Å²) in [6.07, 6.45) is 5.98. The molecule has 3 aromatic rings. The molecule has 0 amide bonds. The molecule has 1 aromatic carbocycles. The Morgan fingerprint density at radius 1 is 1.25 bits per heavy atom. The number of hydrogen-bond donors (Lipinski definition) is 1. The number of nitrogens with two attached hydrogens (primary N) is 1. The summed E-state index contributed by atoms with van der Waals surface area (Å²) in [6.45, 7) is 0. The topological polar surface area (TPSA) is 56.7 Å². The van der Waals surface area contributed by atoms with Gasteiger partial charge in [0.2, 0.25) is 0 Å². The van der Waals surface area contributed by atoms with Crippen LogP contribution in [0.2, 0.25) is 5.02 Å². The van der Waals surface area contributed by atoms with Gasteiger partial charge in [0.25, 0.3) is 0 Å². The van der Waals surface area contributed by atoms with Gasteiger partial charge in [-0.2, -0.15) is 0 Å². The smallest absolute Gasteiger partial charge is 0.141 e. The third kappa shape index (κ3) is 1.84. The average Bonchev–Trinajstić information content (AvgIpc) is 3.17. The molecule has 2 N–H and O–H groups in total. The van der Waals surface area contributed by atoms with Crippen molar-refractivity contribution in [2.75, 3.05) is 5.73 Å². The van der Waals surface area contributed by atoms with E-state index in [9.17, 15) is 0 Å². The van der Waals surface area contributed by atoms with E-state index in [2.05, 4.69) is 9.55 Å². The molecule has 0 aliphatic heterocycles. The van der Waals surface area contributed by atoms with E-state index in [1.54, 1.807) is 18.5 Å². The first-order valence-electron chi connectivity index (χ1n) is 6.61. The molecule has 0 saturated heterocycles. The van der Waals surface area contributed by atoms with Gasteiger partial charge >= 0.3 is 0 Å². The van der Waals surface area contributed by atoms with E-state index in [4.69, 9.17) is 22.3 Å². The van der Waals surface area contributed by atoms with Crippen LogP contribution in [-0.4, -0.2) is 14.5 Å². The van der Waals surface area contributed by atoms with E-state index >= 15 is 0 Å². The van der Waals surface area contributed by atoms with Crippen molar-refractivity contribution >= 4 is 28.3 Å². The number of anilines is 1. The van der Waals surface area contributed by atoms with Gasteiger partial charge in [0, 0.05) is 28.5 Å². The molecule has 5 heteroatoms. The molecule has 0 unspecified atom stereocenters. The minimum Gasteiger partial charge on any atom is -0.399 e. The van der Waals surface area contributed by atoms with Crippen LogP contribution in [-0.2, 0) is 0 Å². The normalized spacial score (nSPS) is 14.8. The molecular formula is C15H13ClN4. The standard InChI is InChI=1S/C15H13ClN4/c16-10-5-9(6-11(17)7-10)15-19-13-8-18-4-3-14(13)20(15)12-1-2-12/h3-8,12H,1-2,17H2. The minimum atomic E-state index is 0.526. The number of hydrogen-bond acceptors (Lipinski definition) is 3. The maximum atomic E-state index is 6.12. The summed E-state index contributed by atoms with van der Waals surface area (Å²) in [5.74, 6) is 0.921. The van der Waals surface area contributed by atoms with Crippen molar-refractivity contribution in [3.8, 4) is 11.4 Å². The third-order valence-corrected chi connectivity index (χ3v) is 3.80. The van der Waals surface area contributed by atoms with Crippen LogP contribution < -0.4 is 5.73 Å². The second kappa shape index (κ2) is 4.21. The van der Waals surface area contributed by atoms with Crippen LogP contribution in [0.1, 0.15) is 18.9 Å². The first kappa shape index (κ1) is 11.7. The molecule has 2 heterocycles. The Morgan fingerprint density at radius 2 is 2.10 bits per heavy atom. The number of imidazole rings is 1. The second-order valence-corrected chi connectivity index (χ2v) is 5.61. The zero-order valence-electron chi connectivity index (χ0n) is 10.8. The van der Waals surface area contributed by atoms with Crippen LogP contribution in [0, 0.1) is 0 Å². The van der Waals surface area contributed by atoms with Gasteiger partial charge < -0.3 is 10.3 Å². The number of nitrogens with zero attached hydrogens (tertiary/aromatic N) is 3. The van der Waals surface area contributed by atoms with Crippen LogP contribution in [0.25, 0.3) is 22.4 Å². The van der Waals surface area contributed by atoms with Gasteiger partial charge in [0.15, 0.2) is 0 Å². The lowest BCUT2D eigenvalue weighted by Crippen LogP contribution is -1.98. The quantitative estimate of drug-likeness (QED) is 0.731. The largest absolute Gasteiger partial charge is 0.399 e. The molecule has 1 saturated carbocycles. The third-order valence-electron chi connectivity index (χ3n) is 3.58. The van der Waals surface area contributed by atoms with E-state index in [1.165, 1.54) is 12.8 Å². The minimum absolute atomic E-state index is 0.526. The van der Waals surface area contributed by atoms with Gasteiger partial charge in [-0.05, 0) is 37.1 Å². The Morgan fingerprint density at radius 3 is 2.85 bits per heavy atom. The van der Waals surface area contributed by atoms with Crippen LogP contribution in [0.4, 0.5) is 5.69 Å². The Kier molecular flexibility index (Phi) is 2.47. The highest BCUT2D eigenvalue weighted by atomic mass is 35.5. The summed E-state index contributed by atoms with van der Waals surface area (Å²) in [4.78, 5) is 8.86. The zero-order valence-corrected chi connectivity index (χ0v) is 11.5. The van der Waals surface area contributed by atoms with Crippen molar-refractivity contribution in [3.05, 3.63) is 41.7 Å². The van der Waals surface area contributed by atoms with Crippen LogP contribution in [0.3, 0.4) is 0 Å². The molecule has 0 bridgehead atoms. The fourth-order valence-electron chi connectivity index (χ4n) is 2.60. The molecule has 0 atom stereocenters. The van der Waals surface area contributed by atoms with E-state index in [1.807, 2.05) is 18.2 Å². The number of rotatable bonds is 2. The van der Waals surface area contributed by atoms with Crippen LogP contribution >= 0.6 is 11.6 Å². The molecule has 0 radical (unpaired) electrons. The summed E-state index contributed by atoms with van der Waals surface area (Å²) in [7, 11) is 0. The number of pyridine rings is 1. The summed E-state index contributed by atoms with van der Waals surface area (Å²) in [5.41, 5.74) is 9.54. The highest BCUT2D eigenvalue weighted by Crippen LogP contribution is 2.41. The molecular weight excluding hydrogens is 272 g/mol. The van der Waals surface area contributed by atoms with E-state index in [0.29, 0.717) is 16.8 Å². The highest BCUT2D eigenvalue weighted by molar-refractivity contribution is 6.31. The first-order valence-corrected chi connectivity index (χ1v) is 6.98. The molecule has 1 aliphatic rings. The van der Waals surface area contributed by atoms with Crippen molar-refractivity contribution in [3.63, 3.8) is 0 Å². The predicted molar refractivity (Wildman–Crippen MR) is 80.7 cm³/mol.